The molecule has 1 unspecified atom stereocenters. The molecule has 0 aromatic heterocycles. The average molecular weight is 410 g/mol. The fraction of sp³-hybridized carbons (Fsp3) is 0.538. The smallest absolute Gasteiger partial charge is 0.157 e. The van der Waals surface area contributed by atoms with Crippen molar-refractivity contribution in [3.8, 4) is 0 Å². The Morgan fingerprint density at radius 3 is 1.90 bits per heavy atom. The first-order valence-electron chi connectivity index (χ1n) is 11.5. The van der Waals surface area contributed by atoms with Gasteiger partial charge in [-0.25, -0.2) is 0 Å². The van der Waals surface area contributed by atoms with Crippen LogP contribution in [0.1, 0.15) is 49.7 Å². The van der Waals surface area contributed by atoms with Crippen LogP contribution in [0.3, 0.4) is 0 Å². The molecule has 1 saturated heterocycles. The van der Waals surface area contributed by atoms with Crippen LogP contribution in [0.2, 0.25) is 0 Å². The summed E-state index contributed by atoms with van der Waals surface area (Å²) < 4.78 is 17.3. The van der Waals surface area contributed by atoms with Crippen molar-refractivity contribution in [2.24, 2.45) is 0 Å². The summed E-state index contributed by atoms with van der Waals surface area (Å²) in [6.45, 7) is 4.14. The van der Waals surface area contributed by atoms with Crippen LogP contribution in [0.5, 0.6) is 0 Å². The first kappa shape index (κ1) is 21.5. The molecule has 0 amide bonds. The number of benzene rings is 2. The highest BCUT2D eigenvalue weighted by atomic mass is 16.7. The highest BCUT2D eigenvalue weighted by Gasteiger charge is 2.26. The van der Waals surface area contributed by atoms with Gasteiger partial charge in [0.2, 0.25) is 0 Å². The van der Waals surface area contributed by atoms with E-state index < -0.39 is 0 Å². The lowest BCUT2D eigenvalue weighted by Gasteiger charge is -2.37. The number of ether oxygens (including phenoxy) is 3. The molecule has 2 aliphatic rings. The second kappa shape index (κ2) is 11.6. The maximum Gasteiger partial charge on any atom is 0.157 e. The summed E-state index contributed by atoms with van der Waals surface area (Å²) in [6.07, 6.45) is 7.13. The second-order valence-corrected chi connectivity index (χ2v) is 8.49. The van der Waals surface area contributed by atoms with Crippen LogP contribution < -0.4 is 0 Å². The Morgan fingerprint density at radius 2 is 1.33 bits per heavy atom. The van der Waals surface area contributed by atoms with Crippen molar-refractivity contribution in [2.75, 3.05) is 19.8 Å². The summed E-state index contributed by atoms with van der Waals surface area (Å²) in [5.41, 5.74) is 2.77. The summed E-state index contributed by atoms with van der Waals surface area (Å²) in [7, 11) is 0. The van der Waals surface area contributed by atoms with E-state index in [2.05, 4.69) is 65.6 Å². The third-order valence-electron chi connectivity index (χ3n) is 6.25. The molecule has 4 nitrogen and oxygen atoms in total. The fourth-order valence-corrected chi connectivity index (χ4v) is 4.60. The number of hydrogen-bond acceptors (Lipinski definition) is 4. The van der Waals surface area contributed by atoms with Gasteiger partial charge >= 0.3 is 0 Å². The minimum absolute atomic E-state index is 0.00568. The van der Waals surface area contributed by atoms with Crippen LogP contribution in [0, 0.1) is 0 Å². The zero-order valence-corrected chi connectivity index (χ0v) is 18.0. The van der Waals surface area contributed by atoms with Gasteiger partial charge in [0.15, 0.2) is 6.29 Å². The number of rotatable bonds is 10. The lowest BCUT2D eigenvalue weighted by molar-refractivity contribution is -0.128. The standard InChI is InChI=1S/C26H35NO3/c1-3-8-22(9-4-1)20-27(21-23-10-5-2-6-11-23)24-13-15-25(16-14-24)28-18-19-30-26-12-7-17-29-26/h1-6,8-11,24-26H,7,12-21H2/t24-,25-,26?. The van der Waals surface area contributed by atoms with Crippen molar-refractivity contribution in [1.82, 2.24) is 4.90 Å². The van der Waals surface area contributed by atoms with Gasteiger partial charge in [-0.3, -0.25) is 4.90 Å². The Morgan fingerprint density at radius 1 is 0.733 bits per heavy atom. The Balaban J connectivity index is 1.25. The Hall–Kier alpha value is -1.72. The second-order valence-electron chi connectivity index (χ2n) is 8.49. The molecule has 30 heavy (non-hydrogen) atoms. The van der Waals surface area contributed by atoms with Crippen LogP contribution in [0.25, 0.3) is 0 Å². The van der Waals surface area contributed by atoms with Gasteiger partial charge in [-0.15, -0.1) is 0 Å². The molecule has 1 aliphatic carbocycles. The van der Waals surface area contributed by atoms with Crippen LogP contribution in [0.4, 0.5) is 0 Å². The van der Waals surface area contributed by atoms with Crippen LogP contribution >= 0.6 is 0 Å². The molecule has 0 bridgehead atoms. The average Bonchev–Trinajstić information content (AvgIpc) is 3.32. The van der Waals surface area contributed by atoms with Gasteiger partial charge in [0.25, 0.3) is 0 Å². The van der Waals surface area contributed by atoms with Gasteiger partial charge in [-0.2, -0.15) is 0 Å². The molecule has 162 valence electrons. The van der Waals surface area contributed by atoms with E-state index in [0.29, 0.717) is 25.4 Å². The van der Waals surface area contributed by atoms with Crippen LogP contribution in [-0.4, -0.2) is 43.2 Å². The van der Waals surface area contributed by atoms with Crippen LogP contribution in [-0.2, 0) is 27.3 Å². The number of hydrogen-bond donors (Lipinski definition) is 0. The molecule has 1 heterocycles. The maximum atomic E-state index is 6.11. The predicted octanol–water partition coefficient (Wildman–Crippen LogP) is 5.17. The summed E-state index contributed by atoms with van der Waals surface area (Å²) in [4.78, 5) is 2.65. The highest BCUT2D eigenvalue weighted by Crippen LogP contribution is 2.28. The molecule has 0 spiro atoms. The molecule has 1 aliphatic heterocycles. The molecular weight excluding hydrogens is 374 g/mol. The van der Waals surface area contributed by atoms with E-state index in [1.807, 2.05) is 0 Å². The molecule has 0 radical (unpaired) electrons. The Bertz CT molecular complexity index is 668. The van der Waals surface area contributed by atoms with E-state index >= 15 is 0 Å². The lowest BCUT2D eigenvalue weighted by atomic mass is 9.91. The molecule has 1 saturated carbocycles. The molecule has 2 aromatic carbocycles. The zero-order valence-electron chi connectivity index (χ0n) is 18.0. The lowest BCUT2D eigenvalue weighted by Crippen LogP contribution is -2.39. The molecule has 4 rings (SSSR count). The normalized spacial score (nSPS) is 24.4. The van der Waals surface area contributed by atoms with Crippen molar-refractivity contribution in [3.05, 3.63) is 71.8 Å². The van der Waals surface area contributed by atoms with Gasteiger partial charge in [0.05, 0.1) is 19.3 Å². The Labute approximate surface area is 181 Å². The Kier molecular flexibility index (Phi) is 8.33. The highest BCUT2D eigenvalue weighted by molar-refractivity contribution is 5.17. The van der Waals surface area contributed by atoms with Crippen molar-refractivity contribution in [1.29, 1.82) is 0 Å². The van der Waals surface area contributed by atoms with Crippen molar-refractivity contribution in [2.45, 2.75) is 70.1 Å². The third kappa shape index (κ3) is 6.64. The summed E-state index contributed by atoms with van der Waals surface area (Å²) in [6, 6.07) is 22.3. The molecule has 4 heteroatoms. The van der Waals surface area contributed by atoms with E-state index in [9.17, 15) is 0 Å². The van der Waals surface area contributed by atoms with Gasteiger partial charge in [-0.1, -0.05) is 60.7 Å². The molecular formula is C26H35NO3. The zero-order chi connectivity index (χ0) is 20.4. The van der Waals surface area contributed by atoms with Crippen LogP contribution in [0.15, 0.2) is 60.7 Å². The predicted molar refractivity (Wildman–Crippen MR) is 119 cm³/mol. The quantitative estimate of drug-likeness (QED) is 0.507. The van der Waals surface area contributed by atoms with E-state index in [1.54, 1.807) is 0 Å². The molecule has 1 atom stereocenters. The van der Waals surface area contributed by atoms with Gasteiger partial charge in [0, 0.05) is 32.2 Å². The SMILES string of the molecule is c1ccc(CN(Cc2ccccc2)[C@H]2CC[C@H](OCCOC3CCCO3)CC2)cc1. The molecule has 0 N–H and O–H groups in total. The van der Waals surface area contributed by atoms with Gasteiger partial charge < -0.3 is 14.2 Å². The topological polar surface area (TPSA) is 30.9 Å². The summed E-state index contributed by atoms with van der Waals surface area (Å²) >= 11 is 0. The number of nitrogens with zero attached hydrogens (tertiary/aromatic N) is 1. The minimum atomic E-state index is -0.00568. The fourth-order valence-electron chi connectivity index (χ4n) is 4.60. The molecule has 2 fully saturated rings. The summed E-state index contributed by atoms with van der Waals surface area (Å²) in [5, 5.41) is 0. The maximum absolute atomic E-state index is 6.11. The van der Waals surface area contributed by atoms with E-state index in [-0.39, 0.29) is 6.29 Å². The minimum Gasteiger partial charge on any atom is -0.376 e. The van der Waals surface area contributed by atoms with Crippen molar-refractivity contribution < 1.29 is 14.2 Å². The first-order chi connectivity index (χ1) is 14.9. The monoisotopic (exact) mass is 409 g/mol. The third-order valence-corrected chi connectivity index (χ3v) is 6.25. The van der Waals surface area contributed by atoms with Crippen molar-refractivity contribution >= 4 is 0 Å². The van der Waals surface area contributed by atoms with Gasteiger partial charge in [-0.05, 0) is 43.2 Å². The largest absolute Gasteiger partial charge is 0.376 e. The van der Waals surface area contributed by atoms with E-state index in [1.165, 1.54) is 24.0 Å². The van der Waals surface area contributed by atoms with Crippen molar-refractivity contribution in [3.63, 3.8) is 0 Å². The van der Waals surface area contributed by atoms with Gasteiger partial charge in [0.1, 0.15) is 0 Å². The molecule has 2 aromatic rings. The van der Waals surface area contributed by atoms with E-state index in [0.717, 1.165) is 45.4 Å². The first-order valence-corrected chi connectivity index (χ1v) is 11.5. The summed E-state index contributed by atoms with van der Waals surface area (Å²) in [5.74, 6) is 0. The van der Waals surface area contributed by atoms with E-state index in [4.69, 9.17) is 14.2 Å².